The fourth-order valence-corrected chi connectivity index (χ4v) is 1.24. The molecule has 1 heterocycles. The minimum Gasteiger partial charge on any atom is -0.368 e. The van der Waals surface area contributed by atoms with Crippen molar-refractivity contribution in [2.45, 2.75) is 26.3 Å². The number of aromatic nitrogens is 2. The van der Waals surface area contributed by atoms with Crippen LogP contribution < -0.4 is 16.4 Å². The maximum absolute atomic E-state index is 5.90. The predicted octanol–water partition coefficient (Wildman–Crippen LogP) is 1.53. The highest BCUT2D eigenvalue weighted by Gasteiger charge is 2.10. The second-order valence-corrected chi connectivity index (χ2v) is 4.70. The first-order chi connectivity index (χ1) is 7.90. The molecule has 0 spiro atoms. The van der Waals surface area contributed by atoms with Gasteiger partial charge in [-0.1, -0.05) is 6.08 Å². The second kappa shape index (κ2) is 5.63. The Kier molecular flexibility index (Phi) is 4.45. The number of nitrogens with two attached hydrogens (primary N) is 1. The molecule has 0 aromatic carbocycles. The van der Waals surface area contributed by atoms with Crippen LogP contribution in [-0.4, -0.2) is 28.6 Å². The lowest BCUT2D eigenvalue weighted by atomic mass is 10.1. The topological polar surface area (TPSA) is 75.9 Å². The van der Waals surface area contributed by atoms with Crippen molar-refractivity contribution in [1.82, 2.24) is 9.97 Å². The summed E-state index contributed by atoms with van der Waals surface area (Å²) in [6, 6.07) is 1.86. The first-order valence-corrected chi connectivity index (χ1v) is 5.64. The molecule has 0 saturated heterocycles. The van der Waals surface area contributed by atoms with Crippen LogP contribution in [0.5, 0.6) is 0 Å². The maximum atomic E-state index is 5.90. The van der Waals surface area contributed by atoms with Gasteiger partial charge in [0.05, 0.1) is 0 Å². The molecule has 0 bridgehead atoms. The van der Waals surface area contributed by atoms with E-state index in [1.807, 2.05) is 26.8 Å². The molecule has 0 aliphatic carbocycles. The Morgan fingerprint density at radius 3 is 2.47 bits per heavy atom. The fraction of sp³-hybridized carbons (Fsp3) is 0.500. The quantitative estimate of drug-likeness (QED) is 0.652. The lowest BCUT2D eigenvalue weighted by Crippen LogP contribution is -2.39. The van der Waals surface area contributed by atoms with Gasteiger partial charge in [0.25, 0.3) is 0 Å². The van der Waals surface area contributed by atoms with Crippen molar-refractivity contribution in [3.63, 3.8) is 0 Å². The number of rotatable bonds is 6. The summed E-state index contributed by atoms with van der Waals surface area (Å²) in [5.74, 6) is 2.29. The Labute approximate surface area is 103 Å². The number of nitrogens with zero attached hydrogens (tertiary/aromatic N) is 2. The van der Waals surface area contributed by atoms with Gasteiger partial charge in [0.15, 0.2) is 0 Å². The molecular weight excluding hydrogens is 214 g/mol. The Balaban J connectivity index is 2.71. The zero-order valence-corrected chi connectivity index (χ0v) is 10.7. The summed E-state index contributed by atoms with van der Waals surface area (Å²) in [4.78, 5) is 8.58. The third-order valence-corrected chi connectivity index (χ3v) is 1.99. The van der Waals surface area contributed by atoms with Crippen LogP contribution in [0.15, 0.2) is 18.7 Å². The molecular formula is C12H21N5. The summed E-state index contributed by atoms with van der Waals surface area (Å²) >= 11 is 0. The maximum Gasteiger partial charge on any atom is 0.132 e. The normalized spacial score (nSPS) is 11.1. The number of anilines is 2. The number of hydrogen-bond acceptors (Lipinski definition) is 5. The van der Waals surface area contributed by atoms with Crippen LogP contribution in [0, 0.1) is 6.92 Å². The lowest BCUT2D eigenvalue weighted by Gasteiger charge is -2.19. The minimum absolute atomic E-state index is 0.270. The second-order valence-electron chi connectivity index (χ2n) is 4.70. The van der Waals surface area contributed by atoms with E-state index in [1.54, 1.807) is 6.08 Å². The van der Waals surface area contributed by atoms with E-state index in [0.717, 1.165) is 17.5 Å². The molecule has 0 aliphatic rings. The molecule has 0 fully saturated rings. The number of hydrogen-bond donors (Lipinski definition) is 3. The molecule has 0 aliphatic heterocycles. The van der Waals surface area contributed by atoms with Crippen LogP contribution in [0.1, 0.15) is 19.7 Å². The first kappa shape index (κ1) is 13.4. The summed E-state index contributed by atoms with van der Waals surface area (Å²) in [7, 11) is 0. The monoisotopic (exact) mass is 235 g/mol. The molecule has 0 saturated carbocycles. The van der Waals surface area contributed by atoms with Crippen molar-refractivity contribution in [1.29, 1.82) is 0 Å². The Morgan fingerprint density at radius 1 is 1.35 bits per heavy atom. The molecule has 5 heteroatoms. The van der Waals surface area contributed by atoms with Gasteiger partial charge in [0.2, 0.25) is 0 Å². The molecule has 94 valence electrons. The van der Waals surface area contributed by atoms with Crippen LogP contribution in [0.2, 0.25) is 0 Å². The Morgan fingerprint density at radius 2 is 1.94 bits per heavy atom. The molecule has 5 nitrogen and oxygen atoms in total. The third kappa shape index (κ3) is 5.31. The van der Waals surface area contributed by atoms with E-state index >= 15 is 0 Å². The summed E-state index contributed by atoms with van der Waals surface area (Å²) in [6.45, 7) is 10.8. The summed E-state index contributed by atoms with van der Waals surface area (Å²) < 4.78 is 0. The average Bonchev–Trinajstić information content (AvgIpc) is 2.22. The van der Waals surface area contributed by atoms with E-state index in [0.29, 0.717) is 13.1 Å². The van der Waals surface area contributed by atoms with Gasteiger partial charge < -0.3 is 16.4 Å². The van der Waals surface area contributed by atoms with Gasteiger partial charge in [0, 0.05) is 24.7 Å². The van der Waals surface area contributed by atoms with Gasteiger partial charge in [-0.15, -0.1) is 6.58 Å². The van der Waals surface area contributed by atoms with Gasteiger partial charge in [-0.3, -0.25) is 0 Å². The van der Waals surface area contributed by atoms with E-state index in [1.165, 1.54) is 0 Å². The predicted molar refractivity (Wildman–Crippen MR) is 72.2 cm³/mol. The first-order valence-electron chi connectivity index (χ1n) is 5.64. The zero-order chi connectivity index (χ0) is 12.9. The van der Waals surface area contributed by atoms with Crippen LogP contribution >= 0.6 is 0 Å². The molecule has 1 rings (SSSR count). The van der Waals surface area contributed by atoms with Crippen molar-refractivity contribution in [3.8, 4) is 0 Å². The molecule has 0 unspecified atom stereocenters. The van der Waals surface area contributed by atoms with Gasteiger partial charge in [0.1, 0.15) is 17.5 Å². The Bertz CT molecular complexity index is 381. The Hall–Kier alpha value is -1.62. The van der Waals surface area contributed by atoms with Crippen molar-refractivity contribution in [2.75, 3.05) is 23.7 Å². The molecule has 1 aromatic heterocycles. The zero-order valence-electron chi connectivity index (χ0n) is 10.7. The van der Waals surface area contributed by atoms with Gasteiger partial charge >= 0.3 is 0 Å². The highest BCUT2D eigenvalue weighted by atomic mass is 15.1. The molecule has 4 N–H and O–H groups in total. The molecule has 17 heavy (non-hydrogen) atoms. The van der Waals surface area contributed by atoms with Gasteiger partial charge in [-0.05, 0) is 20.8 Å². The van der Waals surface area contributed by atoms with Gasteiger partial charge in [-0.2, -0.15) is 0 Å². The number of nitrogens with one attached hydrogen (secondary N) is 2. The molecule has 0 atom stereocenters. The highest BCUT2D eigenvalue weighted by molar-refractivity contribution is 5.47. The lowest BCUT2D eigenvalue weighted by molar-refractivity contribution is 0.548. The molecule has 0 radical (unpaired) electrons. The van der Waals surface area contributed by atoms with Crippen molar-refractivity contribution in [2.24, 2.45) is 5.73 Å². The van der Waals surface area contributed by atoms with Gasteiger partial charge in [-0.25, -0.2) is 9.97 Å². The van der Waals surface area contributed by atoms with E-state index in [2.05, 4.69) is 27.2 Å². The third-order valence-electron chi connectivity index (χ3n) is 1.99. The highest BCUT2D eigenvalue weighted by Crippen LogP contribution is 2.11. The van der Waals surface area contributed by atoms with Crippen LogP contribution in [0.3, 0.4) is 0 Å². The van der Waals surface area contributed by atoms with E-state index in [9.17, 15) is 0 Å². The standard InChI is InChI=1S/C12H21N5/c1-5-6-14-10-7-11(17-9(2)16-10)15-8-12(3,4)13/h5,7H,1,6,8,13H2,2-4H3,(H2,14,15,16,17). The van der Waals surface area contributed by atoms with E-state index in [-0.39, 0.29) is 5.54 Å². The smallest absolute Gasteiger partial charge is 0.132 e. The van der Waals surface area contributed by atoms with Crippen molar-refractivity contribution < 1.29 is 0 Å². The summed E-state index contributed by atoms with van der Waals surface area (Å²) in [5, 5.41) is 6.33. The minimum atomic E-state index is -0.270. The summed E-state index contributed by atoms with van der Waals surface area (Å²) in [6.07, 6.45) is 1.79. The summed E-state index contributed by atoms with van der Waals surface area (Å²) in [5.41, 5.74) is 5.63. The fourth-order valence-electron chi connectivity index (χ4n) is 1.24. The van der Waals surface area contributed by atoms with Crippen LogP contribution in [0.25, 0.3) is 0 Å². The van der Waals surface area contributed by atoms with Crippen molar-refractivity contribution in [3.05, 3.63) is 24.5 Å². The van der Waals surface area contributed by atoms with Crippen molar-refractivity contribution >= 4 is 11.6 Å². The van der Waals surface area contributed by atoms with E-state index < -0.39 is 0 Å². The van der Waals surface area contributed by atoms with Crippen LogP contribution in [-0.2, 0) is 0 Å². The molecule has 0 amide bonds. The van der Waals surface area contributed by atoms with Crippen LogP contribution in [0.4, 0.5) is 11.6 Å². The number of aryl methyl sites for hydroxylation is 1. The van der Waals surface area contributed by atoms with E-state index in [4.69, 9.17) is 5.73 Å². The molecule has 1 aromatic rings. The largest absolute Gasteiger partial charge is 0.368 e. The SMILES string of the molecule is C=CCNc1cc(NCC(C)(C)N)nc(C)n1. The average molecular weight is 235 g/mol.